The van der Waals surface area contributed by atoms with Crippen LogP contribution in [0.25, 0.3) is 0 Å². The summed E-state index contributed by atoms with van der Waals surface area (Å²) in [6.07, 6.45) is 0. The molecule has 0 atom stereocenters. The minimum Gasteiger partial charge on any atom is -0.368 e. The van der Waals surface area contributed by atoms with Crippen LogP contribution in [0, 0.1) is 0 Å². The van der Waals surface area contributed by atoms with E-state index in [0.29, 0.717) is 28.3 Å². The number of rotatable bonds is 6. The summed E-state index contributed by atoms with van der Waals surface area (Å²) in [5.74, 6) is 1.80. The highest BCUT2D eigenvalue weighted by molar-refractivity contribution is 8.00. The van der Waals surface area contributed by atoms with E-state index in [-0.39, 0.29) is 21.7 Å². The number of aromatic nitrogens is 2. The third kappa shape index (κ3) is 6.77. The molecule has 186 valence electrons. The standard InChI is InChI=1S/C23H23Cl2F3N6S/c1-32(2)21-14-20(29-16-5-8-19(18(25)13-16)35-23(26,27)28)30-22(31-21)34-11-9-33(10-12-34)17-6-3-15(24)4-7-17/h3-8,13-14H,9-12H2,1-2H3,(H,29,30,31). The van der Waals surface area contributed by atoms with Crippen molar-refractivity contribution in [3.05, 3.63) is 58.6 Å². The number of piperazine rings is 1. The second-order valence-corrected chi connectivity index (χ2v) is 10.0. The van der Waals surface area contributed by atoms with Gasteiger partial charge in [-0.05, 0) is 54.2 Å². The third-order valence-electron chi connectivity index (χ3n) is 5.34. The Labute approximate surface area is 216 Å². The van der Waals surface area contributed by atoms with Gasteiger partial charge in [-0.2, -0.15) is 23.1 Å². The summed E-state index contributed by atoms with van der Waals surface area (Å²) in [6.45, 7) is 3.06. The van der Waals surface area contributed by atoms with Crippen LogP contribution in [0.1, 0.15) is 0 Å². The molecule has 1 saturated heterocycles. The maximum Gasteiger partial charge on any atom is 0.446 e. The van der Waals surface area contributed by atoms with Crippen LogP contribution < -0.4 is 20.0 Å². The van der Waals surface area contributed by atoms with Crippen molar-refractivity contribution in [3.8, 4) is 0 Å². The molecular formula is C23H23Cl2F3N6S. The zero-order valence-corrected chi connectivity index (χ0v) is 21.3. The molecular weight excluding hydrogens is 520 g/mol. The topological polar surface area (TPSA) is 47.5 Å². The fraction of sp³-hybridized carbons (Fsp3) is 0.304. The smallest absolute Gasteiger partial charge is 0.368 e. The number of hydrogen-bond acceptors (Lipinski definition) is 7. The largest absolute Gasteiger partial charge is 0.446 e. The van der Waals surface area contributed by atoms with Crippen molar-refractivity contribution in [2.45, 2.75) is 10.4 Å². The minimum atomic E-state index is -4.40. The maximum atomic E-state index is 12.7. The molecule has 1 aliphatic rings. The summed E-state index contributed by atoms with van der Waals surface area (Å²) in [4.78, 5) is 15.6. The molecule has 0 aliphatic carbocycles. The molecule has 6 nitrogen and oxygen atoms in total. The van der Waals surface area contributed by atoms with Crippen LogP contribution >= 0.6 is 35.0 Å². The Balaban J connectivity index is 1.50. The van der Waals surface area contributed by atoms with Crippen LogP contribution in [0.4, 0.5) is 42.1 Å². The number of hydrogen-bond donors (Lipinski definition) is 1. The van der Waals surface area contributed by atoms with Crippen LogP contribution in [0.5, 0.6) is 0 Å². The quantitative estimate of drug-likeness (QED) is 0.355. The van der Waals surface area contributed by atoms with Crippen molar-refractivity contribution in [2.24, 2.45) is 0 Å². The van der Waals surface area contributed by atoms with E-state index >= 15 is 0 Å². The van der Waals surface area contributed by atoms with Gasteiger partial charge >= 0.3 is 5.51 Å². The summed E-state index contributed by atoms with van der Waals surface area (Å²) >= 11 is 11.8. The molecule has 0 saturated carbocycles. The van der Waals surface area contributed by atoms with Gasteiger partial charge in [0, 0.05) is 67.6 Å². The van der Waals surface area contributed by atoms with Crippen molar-refractivity contribution in [1.82, 2.24) is 9.97 Å². The monoisotopic (exact) mass is 542 g/mol. The second-order valence-electron chi connectivity index (χ2n) is 8.07. The van der Waals surface area contributed by atoms with Crippen LogP contribution in [0.3, 0.4) is 0 Å². The number of anilines is 5. The normalized spacial score (nSPS) is 14.3. The average molecular weight is 543 g/mol. The summed E-state index contributed by atoms with van der Waals surface area (Å²) in [6, 6.07) is 13.9. The highest BCUT2D eigenvalue weighted by Crippen LogP contribution is 2.41. The Morgan fingerprint density at radius 2 is 1.57 bits per heavy atom. The molecule has 1 N–H and O–H groups in total. The first kappa shape index (κ1) is 25.5. The molecule has 0 bridgehead atoms. The molecule has 2 heterocycles. The number of benzene rings is 2. The Morgan fingerprint density at radius 1 is 0.914 bits per heavy atom. The van der Waals surface area contributed by atoms with Gasteiger partial charge in [0.25, 0.3) is 0 Å². The fourth-order valence-corrected chi connectivity index (χ4v) is 4.57. The lowest BCUT2D eigenvalue weighted by molar-refractivity contribution is -0.0328. The lowest BCUT2D eigenvalue weighted by Gasteiger charge is -2.36. The van der Waals surface area contributed by atoms with Crippen LogP contribution in [0.15, 0.2) is 53.4 Å². The van der Waals surface area contributed by atoms with Crippen LogP contribution in [0.2, 0.25) is 10.0 Å². The number of nitrogens with one attached hydrogen (secondary N) is 1. The minimum absolute atomic E-state index is 0.0118. The molecule has 35 heavy (non-hydrogen) atoms. The fourth-order valence-electron chi connectivity index (χ4n) is 3.61. The molecule has 1 aromatic heterocycles. The van der Waals surface area contributed by atoms with Crippen molar-refractivity contribution in [2.75, 3.05) is 60.3 Å². The summed E-state index contributed by atoms with van der Waals surface area (Å²) in [7, 11) is 3.77. The highest BCUT2D eigenvalue weighted by Gasteiger charge is 2.30. The van der Waals surface area contributed by atoms with Crippen molar-refractivity contribution < 1.29 is 13.2 Å². The van der Waals surface area contributed by atoms with E-state index in [1.807, 2.05) is 43.3 Å². The van der Waals surface area contributed by atoms with Gasteiger partial charge in [-0.1, -0.05) is 23.2 Å². The Hall–Kier alpha value is -2.56. The van der Waals surface area contributed by atoms with Gasteiger partial charge in [0.2, 0.25) is 5.95 Å². The van der Waals surface area contributed by atoms with E-state index in [1.54, 1.807) is 12.1 Å². The SMILES string of the molecule is CN(C)c1cc(Nc2ccc(SC(F)(F)F)c(Cl)c2)nc(N2CCN(c3ccc(Cl)cc3)CC2)n1. The molecule has 0 amide bonds. The van der Waals surface area contributed by atoms with E-state index in [0.717, 1.165) is 31.9 Å². The van der Waals surface area contributed by atoms with E-state index in [2.05, 4.69) is 25.1 Å². The molecule has 12 heteroatoms. The predicted octanol–water partition coefficient (Wildman–Crippen LogP) is 6.53. The highest BCUT2D eigenvalue weighted by atomic mass is 35.5. The second kappa shape index (κ2) is 10.6. The number of alkyl halides is 3. The number of halogens is 5. The lowest BCUT2D eigenvalue weighted by atomic mass is 10.2. The number of nitrogens with zero attached hydrogens (tertiary/aromatic N) is 5. The van der Waals surface area contributed by atoms with E-state index < -0.39 is 5.51 Å². The predicted molar refractivity (Wildman–Crippen MR) is 139 cm³/mol. The molecule has 3 aromatic rings. The van der Waals surface area contributed by atoms with Crippen LogP contribution in [-0.2, 0) is 0 Å². The van der Waals surface area contributed by atoms with E-state index in [1.165, 1.54) is 12.1 Å². The van der Waals surface area contributed by atoms with Gasteiger partial charge in [0.1, 0.15) is 11.6 Å². The summed E-state index contributed by atoms with van der Waals surface area (Å²) < 4.78 is 38.1. The van der Waals surface area contributed by atoms with E-state index in [9.17, 15) is 13.2 Å². The maximum absolute atomic E-state index is 12.7. The number of thioether (sulfide) groups is 1. The van der Waals surface area contributed by atoms with Crippen molar-refractivity contribution in [3.63, 3.8) is 0 Å². The first-order valence-electron chi connectivity index (χ1n) is 10.7. The Kier molecular flexibility index (Phi) is 7.73. The van der Waals surface area contributed by atoms with Gasteiger partial charge in [-0.15, -0.1) is 0 Å². The van der Waals surface area contributed by atoms with Gasteiger partial charge < -0.3 is 20.0 Å². The Morgan fingerprint density at radius 3 is 2.17 bits per heavy atom. The van der Waals surface area contributed by atoms with Gasteiger partial charge in [-0.25, -0.2) is 0 Å². The van der Waals surface area contributed by atoms with Crippen LogP contribution in [-0.4, -0.2) is 55.8 Å². The average Bonchev–Trinajstić information content (AvgIpc) is 2.80. The first-order valence-corrected chi connectivity index (χ1v) is 12.3. The first-order chi connectivity index (χ1) is 16.6. The van der Waals surface area contributed by atoms with Gasteiger partial charge in [0.15, 0.2) is 0 Å². The Bertz CT molecular complexity index is 1170. The molecule has 0 radical (unpaired) electrons. The zero-order valence-electron chi connectivity index (χ0n) is 19.0. The molecule has 4 rings (SSSR count). The molecule has 0 unspecified atom stereocenters. The van der Waals surface area contributed by atoms with Gasteiger partial charge in [0.05, 0.1) is 5.02 Å². The summed E-state index contributed by atoms with van der Waals surface area (Å²) in [5.41, 5.74) is -2.76. The van der Waals surface area contributed by atoms with Crippen molar-refractivity contribution in [1.29, 1.82) is 0 Å². The molecule has 1 fully saturated rings. The zero-order chi connectivity index (χ0) is 25.2. The lowest BCUT2D eigenvalue weighted by Crippen LogP contribution is -2.47. The molecule has 2 aromatic carbocycles. The van der Waals surface area contributed by atoms with Crippen molar-refractivity contribution >= 4 is 63.9 Å². The van der Waals surface area contributed by atoms with Gasteiger partial charge in [-0.3, -0.25) is 0 Å². The van der Waals surface area contributed by atoms with E-state index in [4.69, 9.17) is 23.2 Å². The summed E-state index contributed by atoms with van der Waals surface area (Å²) in [5, 5.41) is 3.86. The molecule has 0 spiro atoms. The molecule has 1 aliphatic heterocycles. The third-order valence-corrected chi connectivity index (χ3v) is 6.83.